The van der Waals surface area contributed by atoms with Crippen LogP contribution in [0.25, 0.3) is 0 Å². The highest BCUT2D eigenvalue weighted by molar-refractivity contribution is 6.03. The van der Waals surface area contributed by atoms with E-state index >= 15 is 0 Å². The van der Waals surface area contributed by atoms with Crippen LogP contribution in [0.5, 0.6) is 5.75 Å². The quantitative estimate of drug-likeness (QED) is 0.719. The van der Waals surface area contributed by atoms with E-state index in [9.17, 15) is 9.90 Å². The standard InChI is InChI=1S/C19H15N3O2/c23-17-6-2-1-5-15(17)13-21-16-10-8-14(9-11-16)19(24)22-18-7-3-4-12-20-18/h1-13,23H,(H,20,22,24). The predicted molar refractivity (Wildman–Crippen MR) is 94.0 cm³/mol. The first kappa shape index (κ1) is 15.4. The molecule has 0 radical (unpaired) electrons. The average molecular weight is 317 g/mol. The highest BCUT2D eigenvalue weighted by Gasteiger charge is 2.06. The van der Waals surface area contributed by atoms with Crippen LogP contribution in [0.1, 0.15) is 15.9 Å². The van der Waals surface area contributed by atoms with Crippen LogP contribution in [0.2, 0.25) is 0 Å². The summed E-state index contributed by atoms with van der Waals surface area (Å²) in [6.45, 7) is 0. The fourth-order valence-electron chi connectivity index (χ4n) is 2.06. The lowest BCUT2D eigenvalue weighted by Crippen LogP contribution is -2.12. The van der Waals surface area contributed by atoms with Crippen molar-refractivity contribution in [1.29, 1.82) is 0 Å². The third kappa shape index (κ3) is 3.84. The van der Waals surface area contributed by atoms with E-state index in [-0.39, 0.29) is 11.7 Å². The molecule has 1 heterocycles. The number of phenolic OH excluding ortho intramolecular Hbond substituents is 1. The van der Waals surface area contributed by atoms with Crippen molar-refractivity contribution in [1.82, 2.24) is 4.98 Å². The zero-order valence-corrected chi connectivity index (χ0v) is 12.8. The minimum Gasteiger partial charge on any atom is -0.507 e. The second-order valence-electron chi connectivity index (χ2n) is 5.03. The summed E-state index contributed by atoms with van der Waals surface area (Å²) in [6.07, 6.45) is 3.20. The number of carbonyl (C=O) groups excluding carboxylic acids is 1. The summed E-state index contributed by atoms with van der Waals surface area (Å²) in [5, 5.41) is 12.4. The normalized spacial score (nSPS) is 10.7. The SMILES string of the molecule is O=C(Nc1ccccn1)c1ccc(N=Cc2ccccc2O)cc1. The molecular weight excluding hydrogens is 302 g/mol. The molecule has 0 unspecified atom stereocenters. The van der Waals surface area contributed by atoms with E-state index in [0.29, 0.717) is 22.6 Å². The second-order valence-corrected chi connectivity index (χ2v) is 5.03. The molecule has 1 aromatic heterocycles. The number of rotatable bonds is 4. The molecule has 0 atom stereocenters. The Morgan fingerprint density at radius 2 is 1.75 bits per heavy atom. The molecule has 0 aliphatic carbocycles. The molecule has 0 saturated heterocycles. The van der Waals surface area contributed by atoms with Gasteiger partial charge < -0.3 is 10.4 Å². The number of aliphatic imine (C=N–C) groups is 1. The van der Waals surface area contributed by atoms with Gasteiger partial charge in [0.2, 0.25) is 0 Å². The van der Waals surface area contributed by atoms with Gasteiger partial charge in [0.25, 0.3) is 5.91 Å². The first-order valence-electron chi connectivity index (χ1n) is 7.37. The number of aromatic hydroxyl groups is 1. The number of anilines is 1. The van der Waals surface area contributed by atoms with E-state index in [4.69, 9.17) is 0 Å². The van der Waals surface area contributed by atoms with Gasteiger partial charge in [0, 0.05) is 23.5 Å². The number of hydrogen-bond acceptors (Lipinski definition) is 4. The number of benzene rings is 2. The van der Waals surface area contributed by atoms with Gasteiger partial charge in [-0.05, 0) is 48.5 Å². The minimum atomic E-state index is -0.232. The topological polar surface area (TPSA) is 74.6 Å². The molecular formula is C19H15N3O2. The summed E-state index contributed by atoms with van der Waals surface area (Å²) < 4.78 is 0. The van der Waals surface area contributed by atoms with Gasteiger partial charge in [0.1, 0.15) is 11.6 Å². The highest BCUT2D eigenvalue weighted by atomic mass is 16.3. The van der Waals surface area contributed by atoms with E-state index in [1.807, 2.05) is 6.07 Å². The molecule has 0 saturated carbocycles. The van der Waals surface area contributed by atoms with Crippen LogP contribution in [-0.2, 0) is 0 Å². The second kappa shape index (κ2) is 7.19. The Labute approximate surface area is 139 Å². The number of carbonyl (C=O) groups is 1. The van der Waals surface area contributed by atoms with E-state index in [1.54, 1.807) is 73.1 Å². The van der Waals surface area contributed by atoms with Gasteiger partial charge in [0.15, 0.2) is 0 Å². The Bertz CT molecular complexity index is 859. The van der Waals surface area contributed by atoms with Gasteiger partial charge in [-0.25, -0.2) is 4.98 Å². The largest absolute Gasteiger partial charge is 0.507 e. The third-order valence-corrected chi connectivity index (χ3v) is 3.33. The predicted octanol–water partition coefficient (Wildman–Crippen LogP) is 3.79. The Morgan fingerprint density at radius 1 is 1.00 bits per heavy atom. The molecule has 3 rings (SSSR count). The zero-order valence-electron chi connectivity index (χ0n) is 12.8. The molecule has 0 aliphatic rings. The molecule has 2 aromatic carbocycles. The molecule has 0 fully saturated rings. The molecule has 1 amide bonds. The molecule has 0 aliphatic heterocycles. The highest BCUT2D eigenvalue weighted by Crippen LogP contribution is 2.17. The summed E-state index contributed by atoms with van der Waals surface area (Å²) >= 11 is 0. The first-order valence-corrected chi connectivity index (χ1v) is 7.37. The van der Waals surface area contributed by atoms with Crippen LogP contribution in [0.4, 0.5) is 11.5 Å². The third-order valence-electron chi connectivity index (χ3n) is 3.33. The van der Waals surface area contributed by atoms with Crippen molar-refractivity contribution in [2.45, 2.75) is 0 Å². The van der Waals surface area contributed by atoms with Gasteiger partial charge in [-0.2, -0.15) is 0 Å². The van der Waals surface area contributed by atoms with Crippen LogP contribution >= 0.6 is 0 Å². The lowest BCUT2D eigenvalue weighted by molar-refractivity contribution is 0.102. The van der Waals surface area contributed by atoms with E-state index in [2.05, 4.69) is 15.3 Å². The smallest absolute Gasteiger partial charge is 0.256 e. The maximum Gasteiger partial charge on any atom is 0.256 e. The van der Waals surface area contributed by atoms with Crippen LogP contribution in [0, 0.1) is 0 Å². The molecule has 118 valence electrons. The first-order chi connectivity index (χ1) is 11.7. The molecule has 5 nitrogen and oxygen atoms in total. The van der Waals surface area contributed by atoms with Crippen molar-refractivity contribution in [2.24, 2.45) is 4.99 Å². The van der Waals surface area contributed by atoms with Crippen molar-refractivity contribution >= 4 is 23.6 Å². The molecule has 5 heteroatoms. The van der Waals surface area contributed by atoms with Gasteiger partial charge in [-0.15, -0.1) is 0 Å². The number of nitrogens with zero attached hydrogens (tertiary/aromatic N) is 2. The van der Waals surface area contributed by atoms with Crippen LogP contribution in [0.3, 0.4) is 0 Å². The number of nitrogens with one attached hydrogen (secondary N) is 1. The lowest BCUT2D eigenvalue weighted by Gasteiger charge is -2.04. The zero-order chi connectivity index (χ0) is 16.8. The Hall–Kier alpha value is -3.47. The van der Waals surface area contributed by atoms with Crippen molar-refractivity contribution in [2.75, 3.05) is 5.32 Å². The molecule has 24 heavy (non-hydrogen) atoms. The number of phenols is 1. The van der Waals surface area contributed by atoms with Gasteiger partial charge >= 0.3 is 0 Å². The Balaban J connectivity index is 1.69. The lowest BCUT2D eigenvalue weighted by atomic mass is 10.2. The number of pyridine rings is 1. The van der Waals surface area contributed by atoms with Crippen molar-refractivity contribution in [3.8, 4) is 5.75 Å². The van der Waals surface area contributed by atoms with Crippen molar-refractivity contribution in [3.05, 3.63) is 84.1 Å². The summed E-state index contributed by atoms with van der Waals surface area (Å²) in [5.41, 5.74) is 1.84. The summed E-state index contributed by atoms with van der Waals surface area (Å²) in [6, 6.07) is 19.1. The van der Waals surface area contributed by atoms with Gasteiger partial charge in [-0.3, -0.25) is 9.79 Å². The maximum absolute atomic E-state index is 12.1. The van der Waals surface area contributed by atoms with E-state index < -0.39 is 0 Å². The monoisotopic (exact) mass is 317 g/mol. The fraction of sp³-hybridized carbons (Fsp3) is 0. The van der Waals surface area contributed by atoms with Gasteiger partial charge in [0.05, 0.1) is 5.69 Å². The summed E-state index contributed by atoms with van der Waals surface area (Å²) in [4.78, 5) is 20.5. The van der Waals surface area contributed by atoms with Gasteiger partial charge in [-0.1, -0.05) is 18.2 Å². The van der Waals surface area contributed by atoms with Crippen LogP contribution < -0.4 is 5.32 Å². The Kier molecular flexibility index (Phi) is 4.62. The average Bonchev–Trinajstić information content (AvgIpc) is 2.62. The number of amides is 1. The summed E-state index contributed by atoms with van der Waals surface area (Å²) in [7, 11) is 0. The minimum absolute atomic E-state index is 0.174. The Morgan fingerprint density at radius 3 is 2.46 bits per heavy atom. The molecule has 3 aromatic rings. The van der Waals surface area contributed by atoms with Crippen molar-refractivity contribution in [3.63, 3.8) is 0 Å². The summed E-state index contributed by atoms with van der Waals surface area (Å²) in [5.74, 6) is 0.446. The fourth-order valence-corrected chi connectivity index (χ4v) is 2.06. The van der Waals surface area contributed by atoms with Crippen LogP contribution in [0.15, 0.2) is 77.9 Å². The molecule has 0 bridgehead atoms. The van der Waals surface area contributed by atoms with Crippen molar-refractivity contribution < 1.29 is 9.90 Å². The molecule has 0 spiro atoms. The number of para-hydroxylation sites is 1. The van der Waals surface area contributed by atoms with E-state index in [0.717, 1.165) is 0 Å². The maximum atomic E-state index is 12.1. The van der Waals surface area contributed by atoms with Crippen LogP contribution in [-0.4, -0.2) is 22.2 Å². The van der Waals surface area contributed by atoms with E-state index in [1.165, 1.54) is 0 Å². The number of hydrogen-bond donors (Lipinski definition) is 2. The number of aromatic nitrogens is 1. The molecule has 2 N–H and O–H groups in total.